The standard InChI is InChI=1S/C26H32ClN3O5/c1-17(18-6-3-2-4-7-18)28-25(32)13-22-10-11-23-24(35-22)16-34-15-21(31)14-30(23)26(33)29-20-9-5-8-19(27)12-20/h2-9,12,17,21-24,31H,10-11,13-16H2,1H3,(H,28,32)(H,29,33)/t17-,21-,22-,23-,24+/m0/s1. The molecule has 0 aliphatic carbocycles. The van der Waals surface area contributed by atoms with Crippen LogP contribution in [0.1, 0.15) is 37.8 Å². The first-order valence-electron chi connectivity index (χ1n) is 12.0. The molecule has 9 heteroatoms. The van der Waals surface area contributed by atoms with E-state index in [1.807, 2.05) is 37.3 Å². The lowest BCUT2D eigenvalue weighted by Gasteiger charge is -2.44. The van der Waals surface area contributed by atoms with Crippen LogP contribution in [0.15, 0.2) is 54.6 Å². The first kappa shape index (κ1) is 25.4. The molecule has 2 heterocycles. The fourth-order valence-electron chi connectivity index (χ4n) is 4.67. The molecule has 3 amide bonds. The molecule has 0 saturated carbocycles. The Morgan fingerprint density at radius 3 is 2.71 bits per heavy atom. The number of aliphatic hydroxyl groups is 1. The SMILES string of the molecule is C[C@H](NC(=O)C[C@@H]1CC[C@H]2[C@@H](COC[C@@H](O)CN2C(=O)Nc2cccc(Cl)c2)O1)c1ccccc1. The number of halogens is 1. The average Bonchev–Trinajstić information content (AvgIpc) is 2.82. The lowest BCUT2D eigenvalue weighted by molar-refractivity contribution is -0.150. The summed E-state index contributed by atoms with van der Waals surface area (Å²) in [5, 5.41) is 16.7. The second-order valence-corrected chi connectivity index (χ2v) is 9.57. The molecule has 0 unspecified atom stereocenters. The molecular formula is C26H32ClN3O5. The lowest BCUT2D eigenvalue weighted by Crippen LogP contribution is -2.58. The summed E-state index contributed by atoms with van der Waals surface area (Å²) in [6.07, 6.45) is 0.0126. The van der Waals surface area contributed by atoms with Gasteiger partial charge in [-0.1, -0.05) is 48.0 Å². The van der Waals surface area contributed by atoms with Crippen LogP contribution in [0.2, 0.25) is 5.02 Å². The number of aliphatic hydroxyl groups excluding tert-OH is 1. The number of fused-ring (bicyclic) bond motifs is 1. The highest BCUT2D eigenvalue weighted by atomic mass is 35.5. The topological polar surface area (TPSA) is 100 Å². The summed E-state index contributed by atoms with van der Waals surface area (Å²) in [4.78, 5) is 27.5. The molecule has 0 bridgehead atoms. The van der Waals surface area contributed by atoms with E-state index in [2.05, 4.69) is 10.6 Å². The number of ether oxygens (including phenoxy) is 2. The number of hydrogen-bond donors (Lipinski definition) is 3. The van der Waals surface area contributed by atoms with Gasteiger partial charge in [0, 0.05) is 10.7 Å². The number of β-amino-alcohol motifs (C(OH)–C–C–N with tert-alkyl or cyclic N) is 1. The molecule has 2 fully saturated rings. The zero-order valence-corrected chi connectivity index (χ0v) is 20.5. The normalized spacial score (nSPS) is 25.5. The van der Waals surface area contributed by atoms with E-state index >= 15 is 0 Å². The van der Waals surface area contributed by atoms with Crippen molar-refractivity contribution in [3.8, 4) is 0 Å². The van der Waals surface area contributed by atoms with Crippen molar-refractivity contribution in [1.82, 2.24) is 10.2 Å². The van der Waals surface area contributed by atoms with Gasteiger partial charge in [0.15, 0.2) is 0 Å². The van der Waals surface area contributed by atoms with Gasteiger partial charge >= 0.3 is 6.03 Å². The third-order valence-electron chi connectivity index (χ3n) is 6.41. The maximum atomic E-state index is 13.2. The Morgan fingerprint density at radius 2 is 1.94 bits per heavy atom. The summed E-state index contributed by atoms with van der Waals surface area (Å²) in [6, 6.07) is 16.0. The highest BCUT2D eigenvalue weighted by molar-refractivity contribution is 6.30. The number of rotatable bonds is 5. The van der Waals surface area contributed by atoms with Crippen LogP contribution < -0.4 is 10.6 Å². The van der Waals surface area contributed by atoms with Gasteiger partial charge in [-0.05, 0) is 43.5 Å². The molecule has 4 rings (SSSR count). The number of carbonyl (C=O) groups is 2. The number of nitrogens with one attached hydrogen (secondary N) is 2. The number of anilines is 1. The minimum absolute atomic E-state index is 0.0810. The van der Waals surface area contributed by atoms with Gasteiger partial charge in [0.05, 0.1) is 50.5 Å². The summed E-state index contributed by atoms with van der Waals surface area (Å²) >= 11 is 6.05. The molecule has 0 aromatic heterocycles. The largest absolute Gasteiger partial charge is 0.389 e. The van der Waals surface area contributed by atoms with Crippen LogP contribution in [0.25, 0.3) is 0 Å². The monoisotopic (exact) mass is 501 g/mol. The van der Waals surface area contributed by atoms with E-state index in [4.69, 9.17) is 21.1 Å². The maximum absolute atomic E-state index is 13.2. The van der Waals surface area contributed by atoms with Crippen molar-refractivity contribution < 1.29 is 24.2 Å². The smallest absolute Gasteiger partial charge is 0.322 e. The van der Waals surface area contributed by atoms with E-state index in [1.54, 1.807) is 29.2 Å². The van der Waals surface area contributed by atoms with Gasteiger partial charge in [0.25, 0.3) is 0 Å². The first-order valence-corrected chi connectivity index (χ1v) is 12.4. The fraction of sp³-hybridized carbons (Fsp3) is 0.462. The Balaban J connectivity index is 1.38. The Bertz CT molecular complexity index is 1010. The molecule has 2 aromatic rings. The van der Waals surface area contributed by atoms with Crippen molar-refractivity contribution in [3.05, 3.63) is 65.2 Å². The zero-order valence-electron chi connectivity index (χ0n) is 19.7. The molecule has 2 aliphatic heterocycles. The molecule has 0 spiro atoms. The minimum atomic E-state index is -0.802. The van der Waals surface area contributed by atoms with Crippen LogP contribution in [0, 0.1) is 0 Å². The van der Waals surface area contributed by atoms with Crippen molar-refractivity contribution >= 4 is 29.2 Å². The van der Waals surface area contributed by atoms with Crippen molar-refractivity contribution in [1.29, 1.82) is 0 Å². The molecule has 3 N–H and O–H groups in total. The van der Waals surface area contributed by atoms with E-state index in [-0.39, 0.29) is 56.3 Å². The van der Waals surface area contributed by atoms with Crippen LogP contribution in [-0.4, -0.2) is 66.1 Å². The minimum Gasteiger partial charge on any atom is -0.389 e. The Hall–Kier alpha value is -2.65. The van der Waals surface area contributed by atoms with Crippen LogP contribution in [0.5, 0.6) is 0 Å². The molecule has 2 saturated heterocycles. The zero-order chi connectivity index (χ0) is 24.8. The molecule has 8 nitrogen and oxygen atoms in total. The van der Waals surface area contributed by atoms with Crippen molar-refractivity contribution in [2.24, 2.45) is 0 Å². The summed E-state index contributed by atoms with van der Waals surface area (Å²) in [7, 11) is 0. The van der Waals surface area contributed by atoms with E-state index in [9.17, 15) is 14.7 Å². The first-order chi connectivity index (χ1) is 16.9. The second kappa shape index (κ2) is 11.9. The van der Waals surface area contributed by atoms with Gasteiger partial charge in [-0.2, -0.15) is 0 Å². The molecule has 35 heavy (non-hydrogen) atoms. The van der Waals surface area contributed by atoms with E-state index in [0.717, 1.165) is 5.56 Å². The van der Waals surface area contributed by atoms with E-state index in [1.165, 1.54) is 0 Å². The van der Waals surface area contributed by atoms with Crippen LogP contribution in [0.4, 0.5) is 10.5 Å². The van der Waals surface area contributed by atoms with Crippen LogP contribution in [-0.2, 0) is 14.3 Å². The number of carbonyl (C=O) groups excluding carboxylic acids is 2. The Labute approximate surface area is 210 Å². The van der Waals surface area contributed by atoms with Gasteiger partial charge in [-0.25, -0.2) is 4.79 Å². The predicted molar refractivity (Wildman–Crippen MR) is 133 cm³/mol. The summed E-state index contributed by atoms with van der Waals surface area (Å²) < 4.78 is 11.9. The number of benzene rings is 2. The van der Waals surface area contributed by atoms with Gasteiger partial charge < -0.3 is 30.1 Å². The predicted octanol–water partition coefficient (Wildman–Crippen LogP) is 3.75. The third kappa shape index (κ3) is 6.95. The molecular weight excluding hydrogens is 470 g/mol. The van der Waals surface area contributed by atoms with Gasteiger partial charge in [-0.3, -0.25) is 4.79 Å². The van der Waals surface area contributed by atoms with Crippen molar-refractivity contribution in [2.45, 2.75) is 56.6 Å². The average molecular weight is 502 g/mol. The third-order valence-corrected chi connectivity index (χ3v) is 6.64. The molecule has 5 atom stereocenters. The van der Waals surface area contributed by atoms with Crippen LogP contribution >= 0.6 is 11.6 Å². The lowest BCUT2D eigenvalue weighted by atomic mass is 9.94. The molecule has 2 aromatic carbocycles. The highest BCUT2D eigenvalue weighted by Gasteiger charge is 2.40. The number of hydrogen-bond acceptors (Lipinski definition) is 5. The summed E-state index contributed by atoms with van der Waals surface area (Å²) in [5.41, 5.74) is 1.62. The summed E-state index contributed by atoms with van der Waals surface area (Å²) in [5.74, 6) is -0.0810. The number of amides is 3. The number of urea groups is 1. The second-order valence-electron chi connectivity index (χ2n) is 9.13. The van der Waals surface area contributed by atoms with Gasteiger partial charge in [0.1, 0.15) is 6.10 Å². The van der Waals surface area contributed by atoms with E-state index in [0.29, 0.717) is 23.6 Å². The molecule has 188 valence electrons. The Kier molecular flexibility index (Phi) is 8.62. The van der Waals surface area contributed by atoms with Crippen LogP contribution in [0.3, 0.4) is 0 Å². The highest BCUT2D eigenvalue weighted by Crippen LogP contribution is 2.29. The summed E-state index contributed by atoms with van der Waals surface area (Å²) in [6.45, 7) is 2.42. The maximum Gasteiger partial charge on any atom is 0.322 e. The van der Waals surface area contributed by atoms with Gasteiger partial charge in [0.2, 0.25) is 5.91 Å². The molecule has 2 aliphatic rings. The Morgan fingerprint density at radius 1 is 1.14 bits per heavy atom. The van der Waals surface area contributed by atoms with Gasteiger partial charge in [-0.15, -0.1) is 0 Å². The number of nitrogens with zero attached hydrogens (tertiary/aromatic N) is 1. The quantitative estimate of drug-likeness (QED) is 0.579. The fourth-order valence-corrected chi connectivity index (χ4v) is 4.86. The molecule has 0 radical (unpaired) electrons. The van der Waals surface area contributed by atoms with E-state index < -0.39 is 12.2 Å². The van der Waals surface area contributed by atoms with Crippen molar-refractivity contribution in [3.63, 3.8) is 0 Å². The van der Waals surface area contributed by atoms with Crippen molar-refractivity contribution in [2.75, 3.05) is 25.1 Å².